The first-order valence-corrected chi connectivity index (χ1v) is 13.3. The molecule has 2 aliphatic carbocycles. The number of benzene rings is 1. The van der Waals surface area contributed by atoms with Crippen LogP contribution >= 0.6 is 0 Å². The van der Waals surface area contributed by atoms with Crippen LogP contribution < -0.4 is 15.4 Å². The van der Waals surface area contributed by atoms with Gasteiger partial charge in [-0.25, -0.2) is 13.1 Å². The Labute approximate surface area is 192 Å². The second-order valence-corrected chi connectivity index (χ2v) is 12.6. The summed E-state index contributed by atoms with van der Waals surface area (Å²) in [6.07, 6.45) is 8.24. The normalized spacial score (nSPS) is 22.8. The lowest BCUT2D eigenvalue weighted by Crippen LogP contribution is -2.46. The van der Waals surface area contributed by atoms with Crippen LogP contribution in [0.2, 0.25) is 0 Å². The van der Waals surface area contributed by atoms with Crippen LogP contribution in [-0.2, 0) is 14.8 Å². The van der Waals surface area contributed by atoms with E-state index >= 15 is 0 Å². The fourth-order valence-corrected chi connectivity index (χ4v) is 5.36. The maximum Gasteiger partial charge on any atom is 0.251 e. The van der Waals surface area contributed by atoms with E-state index in [0.29, 0.717) is 36.9 Å². The molecule has 3 rings (SSSR count). The number of nitrogens with one attached hydrogen (secondary N) is 3. The molecule has 7 nitrogen and oxygen atoms in total. The Kier molecular flexibility index (Phi) is 7.98. The van der Waals surface area contributed by atoms with Crippen LogP contribution in [0.3, 0.4) is 0 Å². The zero-order valence-corrected chi connectivity index (χ0v) is 20.3. The highest BCUT2D eigenvalue weighted by atomic mass is 32.2. The van der Waals surface area contributed by atoms with Crippen LogP contribution in [0.5, 0.6) is 0 Å². The van der Waals surface area contributed by atoms with Crippen LogP contribution in [0.4, 0.5) is 5.69 Å². The quantitative estimate of drug-likeness (QED) is 0.594. The standard InChI is InChI=1S/C24H37N3O4S/c1-24(2,3)32(30,31)27-21-15-11-18(12-16-21)23(29)26-20-13-9-17(10-14-20)22(28)25-19-7-5-4-6-8-19/h9-10,13-14,18-19,21,27H,4-8,11-12,15-16H2,1-3H3,(H,25,28)(H,26,29)/t18-,21-. The molecule has 2 saturated carbocycles. The molecule has 0 bridgehead atoms. The van der Waals surface area contributed by atoms with Crippen molar-refractivity contribution < 1.29 is 18.0 Å². The van der Waals surface area contributed by atoms with Gasteiger partial charge in [-0.3, -0.25) is 9.59 Å². The van der Waals surface area contributed by atoms with E-state index in [2.05, 4.69) is 15.4 Å². The second kappa shape index (κ2) is 10.3. The van der Waals surface area contributed by atoms with E-state index in [1.807, 2.05) is 0 Å². The molecule has 8 heteroatoms. The number of hydrogen-bond acceptors (Lipinski definition) is 4. The van der Waals surface area contributed by atoms with E-state index in [0.717, 1.165) is 12.8 Å². The van der Waals surface area contributed by atoms with Crippen molar-refractivity contribution in [2.24, 2.45) is 5.92 Å². The SMILES string of the molecule is CC(C)(C)S(=O)(=O)N[C@H]1CC[C@H](C(=O)Nc2ccc(C(=O)NC3CCCCC3)cc2)CC1. The number of hydrogen-bond donors (Lipinski definition) is 3. The molecule has 0 heterocycles. The molecule has 0 unspecified atom stereocenters. The minimum atomic E-state index is -3.39. The molecule has 0 aromatic heterocycles. The van der Waals surface area contributed by atoms with Crippen LogP contribution in [0.1, 0.15) is 88.9 Å². The Hall–Kier alpha value is -1.93. The van der Waals surface area contributed by atoms with E-state index < -0.39 is 14.8 Å². The van der Waals surface area contributed by atoms with Crippen LogP contribution in [0.15, 0.2) is 24.3 Å². The smallest absolute Gasteiger partial charge is 0.251 e. The van der Waals surface area contributed by atoms with Crippen molar-refractivity contribution in [2.45, 2.75) is 95.4 Å². The Morgan fingerprint density at radius 1 is 0.844 bits per heavy atom. The maximum atomic E-state index is 12.7. The molecule has 1 aromatic rings. The monoisotopic (exact) mass is 463 g/mol. The fraction of sp³-hybridized carbons (Fsp3) is 0.667. The van der Waals surface area contributed by atoms with Crippen molar-refractivity contribution in [1.29, 1.82) is 0 Å². The van der Waals surface area contributed by atoms with Crippen molar-refractivity contribution in [3.05, 3.63) is 29.8 Å². The zero-order chi connectivity index (χ0) is 23.4. The van der Waals surface area contributed by atoms with E-state index in [1.165, 1.54) is 19.3 Å². The molecular weight excluding hydrogens is 426 g/mol. The summed E-state index contributed by atoms with van der Waals surface area (Å²) in [7, 11) is -3.39. The van der Waals surface area contributed by atoms with E-state index in [1.54, 1.807) is 45.0 Å². The summed E-state index contributed by atoms with van der Waals surface area (Å²) < 4.78 is 26.6. The highest BCUT2D eigenvalue weighted by molar-refractivity contribution is 7.90. The highest BCUT2D eigenvalue weighted by Gasteiger charge is 2.34. The molecule has 0 atom stereocenters. The molecule has 0 radical (unpaired) electrons. The van der Waals surface area contributed by atoms with Gasteiger partial charge in [-0.15, -0.1) is 0 Å². The van der Waals surface area contributed by atoms with Crippen molar-refractivity contribution in [2.75, 3.05) is 5.32 Å². The van der Waals surface area contributed by atoms with Crippen LogP contribution in [0, 0.1) is 5.92 Å². The second-order valence-electron chi connectivity index (χ2n) is 10.2. The minimum Gasteiger partial charge on any atom is -0.349 e. The van der Waals surface area contributed by atoms with Gasteiger partial charge in [0.15, 0.2) is 0 Å². The Bertz CT molecular complexity index is 892. The average Bonchev–Trinajstić information content (AvgIpc) is 2.74. The molecule has 0 aliphatic heterocycles. The lowest BCUT2D eigenvalue weighted by Gasteiger charge is -2.30. The first-order valence-electron chi connectivity index (χ1n) is 11.8. The summed E-state index contributed by atoms with van der Waals surface area (Å²) in [5, 5.41) is 6.04. The Morgan fingerprint density at radius 2 is 1.44 bits per heavy atom. The van der Waals surface area contributed by atoms with Gasteiger partial charge in [0.05, 0.1) is 4.75 Å². The third-order valence-corrected chi connectivity index (χ3v) is 8.84. The number of rotatable bonds is 6. The van der Waals surface area contributed by atoms with Gasteiger partial charge < -0.3 is 10.6 Å². The van der Waals surface area contributed by atoms with E-state index in [-0.39, 0.29) is 29.8 Å². The molecule has 2 amide bonds. The van der Waals surface area contributed by atoms with Gasteiger partial charge in [-0.1, -0.05) is 19.3 Å². The van der Waals surface area contributed by atoms with Gasteiger partial charge in [-0.2, -0.15) is 0 Å². The van der Waals surface area contributed by atoms with Gasteiger partial charge in [0, 0.05) is 29.3 Å². The predicted molar refractivity (Wildman–Crippen MR) is 127 cm³/mol. The van der Waals surface area contributed by atoms with Crippen molar-refractivity contribution >= 4 is 27.5 Å². The molecule has 2 fully saturated rings. The minimum absolute atomic E-state index is 0.0541. The first-order chi connectivity index (χ1) is 15.0. The highest BCUT2D eigenvalue weighted by Crippen LogP contribution is 2.27. The molecular formula is C24H37N3O4S. The largest absolute Gasteiger partial charge is 0.349 e. The van der Waals surface area contributed by atoms with E-state index in [4.69, 9.17) is 0 Å². The van der Waals surface area contributed by atoms with Crippen molar-refractivity contribution in [3.8, 4) is 0 Å². The number of carbonyl (C=O) groups is 2. The fourth-order valence-electron chi connectivity index (χ4n) is 4.33. The molecule has 2 aliphatic rings. The van der Waals surface area contributed by atoms with Gasteiger partial charge in [0.25, 0.3) is 5.91 Å². The summed E-state index contributed by atoms with van der Waals surface area (Å²) in [6.45, 7) is 5.04. The number of amides is 2. The van der Waals surface area contributed by atoms with Gasteiger partial charge in [0.2, 0.25) is 15.9 Å². The predicted octanol–water partition coefficient (Wildman–Crippen LogP) is 3.96. The molecule has 1 aromatic carbocycles. The molecule has 0 spiro atoms. The van der Waals surface area contributed by atoms with Crippen molar-refractivity contribution in [3.63, 3.8) is 0 Å². The third-order valence-electron chi connectivity index (χ3n) is 6.58. The van der Waals surface area contributed by atoms with Crippen molar-refractivity contribution in [1.82, 2.24) is 10.0 Å². The Balaban J connectivity index is 1.46. The number of carbonyl (C=O) groups excluding carboxylic acids is 2. The number of anilines is 1. The molecule has 3 N–H and O–H groups in total. The average molecular weight is 464 g/mol. The zero-order valence-electron chi connectivity index (χ0n) is 19.4. The summed E-state index contributed by atoms with van der Waals surface area (Å²) >= 11 is 0. The lowest BCUT2D eigenvalue weighted by atomic mass is 9.86. The first kappa shape index (κ1) is 24.7. The summed E-state index contributed by atoms with van der Waals surface area (Å²) in [4.78, 5) is 25.1. The summed E-state index contributed by atoms with van der Waals surface area (Å²) in [5.74, 6) is -0.257. The van der Waals surface area contributed by atoms with Gasteiger partial charge >= 0.3 is 0 Å². The summed E-state index contributed by atoms with van der Waals surface area (Å²) in [6, 6.07) is 7.15. The van der Waals surface area contributed by atoms with Crippen LogP contribution in [-0.4, -0.2) is 37.1 Å². The number of sulfonamides is 1. The lowest BCUT2D eigenvalue weighted by molar-refractivity contribution is -0.120. The van der Waals surface area contributed by atoms with Gasteiger partial charge in [-0.05, 0) is 83.6 Å². The topological polar surface area (TPSA) is 104 Å². The van der Waals surface area contributed by atoms with E-state index in [9.17, 15) is 18.0 Å². The maximum absolute atomic E-state index is 12.7. The summed E-state index contributed by atoms with van der Waals surface area (Å²) in [5.41, 5.74) is 1.26. The molecule has 32 heavy (non-hydrogen) atoms. The van der Waals surface area contributed by atoms with Crippen LogP contribution in [0.25, 0.3) is 0 Å². The van der Waals surface area contributed by atoms with Gasteiger partial charge in [0.1, 0.15) is 0 Å². The molecule has 178 valence electrons. The Morgan fingerprint density at radius 3 is 2.00 bits per heavy atom. The third kappa shape index (κ3) is 6.54. The molecule has 0 saturated heterocycles.